The number of hydrogen-bond acceptors (Lipinski definition) is 3. The fourth-order valence-corrected chi connectivity index (χ4v) is 2.22. The lowest BCUT2D eigenvalue weighted by molar-refractivity contribution is -0.419. The Hall–Kier alpha value is -1.16. The van der Waals surface area contributed by atoms with Gasteiger partial charge in [-0.15, -0.1) is 0 Å². The van der Waals surface area contributed by atoms with Crippen molar-refractivity contribution in [3.05, 3.63) is 34.0 Å². The number of allylic oxidation sites excluding steroid dienone is 1. The lowest BCUT2D eigenvalue weighted by Crippen LogP contribution is -2.28. The highest BCUT2D eigenvalue weighted by Gasteiger charge is 2.41. The largest absolute Gasteiger partial charge is 0.309 e. The van der Waals surface area contributed by atoms with Crippen molar-refractivity contribution >= 4 is 0 Å². The smallest absolute Gasteiger partial charge is 0.266 e. The minimum absolute atomic E-state index is 0.135. The predicted molar refractivity (Wildman–Crippen MR) is 53.3 cm³/mol. The second-order valence-electron chi connectivity index (χ2n) is 4.63. The van der Waals surface area contributed by atoms with Crippen molar-refractivity contribution in [3.8, 4) is 0 Å². The molecule has 1 heterocycles. The van der Waals surface area contributed by atoms with E-state index in [1.807, 2.05) is 6.08 Å². The third-order valence-corrected chi connectivity index (χ3v) is 3.12. The summed E-state index contributed by atoms with van der Waals surface area (Å²) in [6, 6.07) is 0.135. The fraction of sp³-hybridized carbons (Fsp3) is 0.600. The maximum atomic E-state index is 10.6. The summed E-state index contributed by atoms with van der Waals surface area (Å²) in [6.07, 6.45) is 5.30. The van der Waals surface area contributed by atoms with Gasteiger partial charge in [0, 0.05) is 30.7 Å². The molecule has 2 rings (SSSR count). The molecule has 0 aromatic heterocycles. The van der Waals surface area contributed by atoms with Gasteiger partial charge in [0.15, 0.2) is 0 Å². The Kier molecular flexibility index (Phi) is 1.96. The topological polar surface area (TPSA) is 55.2 Å². The molecule has 14 heavy (non-hydrogen) atoms. The molecule has 0 aromatic carbocycles. The van der Waals surface area contributed by atoms with Crippen LogP contribution < -0.4 is 5.32 Å². The summed E-state index contributed by atoms with van der Waals surface area (Å²) >= 11 is 0. The highest BCUT2D eigenvalue weighted by Crippen LogP contribution is 2.38. The van der Waals surface area contributed by atoms with E-state index < -0.39 is 0 Å². The molecule has 0 radical (unpaired) electrons. The summed E-state index contributed by atoms with van der Waals surface area (Å²) in [5.74, 6) is 0.381. The summed E-state index contributed by atoms with van der Waals surface area (Å²) in [6.45, 7) is 5.27. The summed E-state index contributed by atoms with van der Waals surface area (Å²) in [7, 11) is 0. The molecule has 2 unspecified atom stereocenters. The van der Waals surface area contributed by atoms with Gasteiger partial charge in [-0.05, 0) is 5.41 Å². The monoisotopic (exact) mass is 194 g/mol. The third kappa shape index (κ3) is 1.35. The van der Waals surface area contributed by atoms with E-state index in [0.717, 1.165) is 6.54 Å². The lowest BCUT2D eigenvalue weighted by Gasteiger charge is -2.26. The van der Waals surface area contributed by atoms with Gasteiger partial charge in [0.05, 0.1) is 4.92 Å². The molecule has 2 aliphatic rings. The van der Waals surface area contributed by atoms with Crippen LogP contribution in [0.15, 0.2) is 23.9 Å². The van der Waals surface area contributed by atoms with Gasteiger partial charge >= 0.3 is 0 Å². The molecule has 1 saturated heterocycles. The number of fused-ring (bicyclic) bond motifs is 1. The number of rotatable bonds is 1. The van der Waals surface area contributed by atoms with Gasteiger partial charge in [0.25, 0.3) is 5.70 Å². The maximum Gasteiger partial charge on any atom is 0.266 e. The molecule has 2 atom stereocenters. The first-order chi connectivity index (χ1) is 6.50. The molecule has 0 amide bonds. The van der Waals surface area contributed by atoms with E-state index >= 15 is 0 Å². The molecule has 0 aromatic rings. The standard InChI is InChI=1S/C10H14N2O2/c1-10(2)6-11-9-5-7(12(13)14)3-4-8(9)10/h3-5,8-9,11H,6H2,1-2H3. The van der Waals surface area contributed by atoms with E-state index in [9.17, 15) is 10.1 Å². The lowest BCUT2D eigenvalue weighted by atomic mass is 9.77. The van der Waals surface area contributed by atoms with Crippen LogP contribution in [-0.4, -0.2) is 17.5 Å². The van der Waals surface area contributed by atoms with E-state index in [0.29, 0.717) is 5.92 Å². The highest BCUT2D eigenvalue weighted by atomic mass is 16.6. The van der Waals surface area contributed by atoms with Crippen LogP contribution in [0, 0.1) is 21.4 Å². The van der Waals surface area contributed by atoms with Gasteiger partial charge in [-0.3, -0.25) is 10.1 Å². The highest BCUT2D eigenvalue weighted by molar-refractivity contribution is 5.26. The fourth-order valence-electron chi connectivity index (χ4n) is 2.22. The maximum absolute atomic E-state index is 10.6. The SMILES string of the molecule is CC1(C)CNC2C=C([N+](=O)[O-])C=CC21. The van der Waals surface area contributed by atoms with Gasteiger partial charge < -0.3 is 5.32 Å². The van der Waals surface area contributed by atoms with Gasteiger partial charge in [0.2, 0.25) is 0 Å². The Bertz CT molecular complexity index is 331. The van der Waals surface area contributed by atoms with E-state index in [4.69, 9.17) is 0 Å². The van der Waals surface area contributed by atoms with Crippen LogP contribution in [0.3, 0.4) is 0 Å². The molecule has 0 spiro atoms. The van der Waals surface area contributed by atoms with Crippen molar-refractivity contribution in [3.63, 3.8) is 0 Å². The second-order valence-corrected chi connectivity index (χ2v) is 4.63. The van der Waals surface area contributed by atoms with E-state index in [2.05, 4.69) is 19.2 Å². The van der Waals surface area contributed by atoms with Crippen molar-refractivity contribution in [1.29, 1.82) is 0 Å². The van der Waals surface area contributed by atoms with Crippen molar-refractivity contribution in [2.75, 3.05) is 6.54 Å². The Morgan fingerprint density at radius 1 is 1.64 bits per heavy atom. The predicted octanol–water partition coefficient (Wildman–Crippen LogP) is 1.33. The summed E-state index contributed by atoms with van der Waals surface area (Å²) in [5.41, 5.74) is 0.399. The summed E-state index contributed by atoms with van der Waals surface area (Å²) in [4.78, 5) is 10.2. The van der Waals surface area contributed by atoms with Crippen molar-refractivity contribution in [1.82, 2.24) is 5.32 Å². The number of hydrogen-bond donors (Lipinski definition) is 1. The average molecular weight is 194 g/mol. The molecule has 76 valence electrons. The Morgan fingerprint density at radius 2 is 2.36 bits per heavy atom. The molecule has 1 fully saturated rings. The number of nitrogens with one attached hydrogen (secondary N) is 1. The van der Waals surface area contributed by atoms with Crippen molar-refractivity contribution < 1.29 is 4.92 Å². The quantitative estimate of drug-likeness (QED) is 0.506. The first kappa shape index (κ1) is 9.40. The van der Waals surface area contributed by atoms with Crippen LogP contribution in [0.4, 0.5) is 0 Å². The average Bonchev–Trinajstić information content (AvgIpc) is 2.42. The number of nitrogens with zero attached hydrogens (tertiary/aromatic N) is 1. The van der Waals surface area contributed by atoms with E-state index in [-0.39, 0.29) is 22.1 Å². The molecular weight excluding hydrogens is 180 g/mol. The molecular formula is C10H14N2O2. The summed E-state index contributed by atoms with van der Waals surface area (Å²) < 4.78 is 0. The van der Waals surface area contributed by atoms with Gasteiger partial charge in [-0.2, -0.15) is 0 Å². The normalized spacial score (nSPS) is 33.7. The second kappa shape index (κ2) is 2.92. The molecule has 0 saturated carbocycles. The van der Waals surface area contributed by atoms with Crippen molar-refractivity contribution in [2.45, 2.75) is 19.9 Å². The molecule has 1 N–H and O–H groups in total. The zero-order valence-corrected chi connectivity index (χ0v) is 8.36. The molecule has 4 nitrogen and oxygen atoms in total. The summed E-state index contributed by atoms with van der Waals surface area (Å²) in [5, 5.41) is 13.9. The van der Waals surface area contributed by atoms with Crippen LogP contribution in [0.1, 0.15) is 13.8 Å². The van der Waals surface area contributed by atoms with Gasteiger partial charge in [0.1, 0.15) is 0 Å². The Balaban J connectivity index is 2.25. The first-order valence-corrected chi connectivity index (χ1v) is 4.78. The molecule has 0 bridgehead atoms. The van der Waals surface area contributed by atoms with Crippen LogP contribution in [0.5, 0.6) is 0 Å². The van der Waals surface area contributed by atoms with E-state index in [1.165, 1.54) is 0 Å². The Labute approximate surface area is 82.8 Å². The van der Waals surface area contributed by atoms with Crippen LogP contribution >= 0.6 is 0 Å². The minimum atomic E-state index is -0.334. The van der Waals surface area contributed by atoms with Crippen LogP contribution in [0.2, 0.25) is 0 Å². The molecule has 1 aliphatic heterocycles. The molecule has 1 aliphatic carbocycles. The van der Waals surface area contributed by atoms with Crippen molar-refractivity contribution in [2.24, 2.45) is 11.3 Å². The Morgan fingerprint density at radius 3 is 3.00 bits per heavy atom. The van der Waals surface area contributed by atoms with Gasteiger partial charge in [-0.1, -0.05) is 19.9 Å². The van der Waals surface area contributed by atoms with Crippen LogP contribution in [-0.2, 0) is 0 Å². The van der Waals surface area contributed by atoms with E-state index in [1.54, 1.807) is 12.2 Å². The van der Waals surface area contributed by atoms with Crippen LogP contribution in [0.25, 0.3) is 0 Å². The number of nitro groups is 1. The third-order valence-electron chi connectivity index (χ3n) is 3.12. The minimum Gasteiger partial charge on any atom is -0.309 e. The first-order valence-electron chi connectivity index (χ1n) is 4.78. The zero-order valence-electron chi connectivity index (χ0n) is 8.36. The van der Waals surface area contributed by atoms with Gasteiger partial charge in [-0.25, -0.2) is 0 Å². The molecule has 4 heteroatoms. The zero-order chi connectivity index (χ0) is 10.3.